The molecule has 1 N–H and O–H groups in total. The van der Waals surface area contributed by atoms with Gasteiger partial charge < -0.3 is 9.67 Å². The lowest BCUT2D eigenvalue weighted by molar-refractivity contribution is -0.325. The van der Waals surface area contributed by atoms with Crippen LogP contribution in [0.2, 0.25) is 0 Å². The van der Waals surface area contributed by atoms with Crippen molar-refractivity contribution in [3.05, 3.63) is 36.0 Å². The van der Waals surface area contributed by atoms with Crippen LogP contribution in [0.25, 0.3) is 10.9 Å². The number of halogens is 3. The largest absolute Gasteiger partial charge is 0.522 e. The average Bonchev–Trinajstić information content (AvgIpc) is 2.71. The quantitative estimate of drug-likeness (QED) is 0.916. The van der Waals surface area contributed by atoms with E-state index >= 15 is 0 Å². The number of alkyl halides is 3. The van der Waals surface area contributed by atoms with Crippen LogP contribution >= 0.6 is 0 Å². The van der Waals surface area contributed by atoms with E-state index in [1.54, 1.807) is 29.0 Å². The maximum Gasteiger partial charge on any atom is 0.522 e. The predicted molar refractivity (Wildman–Crippen MR) is 59.9 cm³/mol. The molecule has 98 valence electrons. The number of benzene rings is 1. The average molecular weight is 259 g/mol. The first-order chi connectivity index (χ1) is 8.51. The molecule has 1 aromatic carbocycles. The Balaban J connectivity index is 2.18. The van der Waals surface area contributed by atoms with Gasteiger partial charge in [-0.1, -0.05) is 18.2 Å². The Bertz CT molecular complexity index is 534. The molecule has 0 unspecified atom stereocenters. The maximum atomic E-state index is 11.9. The van der Waals surface area contributed by atoms with Crippen molar-refractivity contribution in [1.29, 1.82) is 0 Å². The van der Waals surface area contributed by atoms with Gasteiger partial charge in [-0.15, -0.1) is 13.2 Å². The van der Waals surface area contributed by atoms with Gasteiger partial charge in [0.15, 0.2) is 0 Å². The molecule has 0 bridgehead atoms. The molecule has 0 amide bonds. The van der Waals surface area contributed by atoms with E-state index in [1.165, 1.54) is 0 Å². The molecule has 6 heteroatoms. The molecule has 0 saturated carbocycles. The van der Waals surface area contributed by atoms with Crippen molar-refractivity contribution in [2.75, 3.05) is 6.61 Å². The summed E-state index contributed by atoms with van der Waals surface area (Å²) >= 11 is 0. The molecule has 0 spiro atoms. The van der Waals surface area contributed by atoms with Gasteiger partial charge in [0.25, 0.3) is 0 Å². The molecule has 2 rings (SSSR count). The molecule has 3 nitrogen and oxygen atoms in total. The molecule has 0 radical (unpaired) electrons. The minimum Gasteiger partial charge on any atom is -0.392 e. The highest BCUT2D eigenvalue weighted by molar-refractivity contribution is 5.83. The normalized spacial score (nSPS) is 12.2. The summed E-state index contributed by atoms with van der Waals surface area (Å²) in [5, 5.41) is 10.1. The number of rotatable bonds is 4. The molecule has 0 aliphatic heterocycles. The molecule has 1 heterocycles. The van der Waals surface area contributed by atoms with E-state index in [1.807, 2.05) is 6.07 Å². The molecule has 18 heavy (non-hydrogen) atoms. The van der Waals surface area contributed by atoms with Crippen LogP contribution in [0.1, 0.15) is 5.56 Å². The highest BCUT2D eigenvalue weighted by Gasteiger charge is 2.28. The lowest BCUT2D eigenvalue weighted by Crippen LogP contribution is -2.17. The number of ether oxygens (including phenoxy) is 1. The van der Waals surface area contributed by atoms with Crippen LogP contribution in [-0.2, 0) is 17.9 Å². The van der Waals surface area contributed by atoms with Crippen LogP contribution in [0, 0.1) is 0 Å². The standard InChI is InChI=1S/C12H12F3NO2/c13-12(14,15)18-7-6-16-5-4-9-2-1-3-10(8-17)11(9)16/h1-5,17H,6-8H2. The van der Waals surface area contributed by atoms with Gasteiger partial charge in [0.1, 0.15) is 0 Å². The Morgan fingerprint density at radius 2 is 2.00 bits per heavy atom. The molecular weight excluding hydrogens is 247 g/mol. The number of hydrogen-bond donors (Lipinski definition) is 1. The highest BCUT2D eigenvalue weighted by Crippen LogP contribution is 2.21. The fraction of sp³-hybridized carbons (Fsp3) is 0.333. The third-order valence-corrected chi connectivity index (χ3v) is 2.64. The molecule has 0 fully saturated rings. The van der Waals surface area contributed by atoms with Gasteiger partial charge in [0, 0.05) is 18.3 Å². The molecular formula is C12H12F3NO2. The van der Waals surface area contributed by atoms with E-state index in [2.05, 4.69) is 4.74 Å². The summed E-state index contributed by atoms with van der Waals surface area (Å²) in [4.78, 5) is 0. The zero-order chi connectivity index (χ0) is 13.2. The summed E-state index contributed by atoms with van der Waals surface area (Å²) < 4.78 is 41.0. The summed E-state index contributed by atoms with van der Waals surface area (Å²) in [5.41, 5.74) is 1.43. The summed E-state index contributed by atoms with van der Waals surface area (Å²) in [5.74, 6) is 0. The van der Waals surface area contributed by atoms with Crippen LogP contribution in [-0.4, -0.2) is 22.6 Å². The molecule has 0 saturated heterocycles. The number of para-hydroxylation sites is 1. The van der Waals surface area contributed by atoms with E-state index in [0.29, 0.717) is 5.56 Å². The number of fused-ring (bicyclic) bond motifs is 1. The second-order valence-electron chi connectivity index (χ2n) is 3.82. The maximum absolute atomic E-state index is 11.9. The summed E-state index contributed by atoms with van der Waals surface area (Å²) in [6.45, 7) is -0.519. The minimum atomic E-state index is -4.61. The summed E-state index contributed by atoms with van der Waals surface area (Å²) in [6.07, 6.45) is -2.92. The van der Waals surface area contributed by atoms with Crippen LogP contribution in [0.4, 0.5) is 13.2 Å². The predicted octanol–water partition coefficient (Wildman–Crippen LogP) is 2.67. The lowest BCUT2D eigenvalue weighted by Gasteiger charge is -2.10. The third-order valence-electron chi connectivity index (χ3n) is 2.64. The Hall–Kier alpha value is -1.53. The summed E-state index contributed by atoms with van der Waals surface area (Å²) in [6, 6.07) is 7.17. The van der Waals surface area contributed by atoms with Gasteiger partial charge in [-0.2, -0.15) is 0 Å². The van der Waals surface area contributed by atoms with E-state index in [0.717, 1.165) is 10.9 Å². The Kier molecular flexibility index (Phi) is 3.58. The first kappa shape index (κ1) is 12.9. The monoisotopic (exact) mass is 259 g/mol. The van der Waals surface area contributed by atoms with Crippen LogP contribution in [0.15, 0.2) is 30.5 Å². The Labute approximate surface area is 101 Å². The third kappa shape index (κ3) is 2.83. The number of nitrogens with zero attached hydrogens (tertiary/aromatic N) is 1. The zero-order valence-electron chi connectivity index (χ0n) is 9.44. The van der Waals surface area contributed by atoms with E-state index in [4.69, 9.17) is 0 Å². The van der Waals surface area contributed by atoms with Crippen molar-refractivity contribution in [1.82, 2.24) is 4.57 Å². The topological polar surface area (TPSA) is 34.4 Å². The molecule has 2 aromatic rings. The highest BCUT2D eigenvalue weighted by atomic mass is 19.4. The second-order valence-corrected chi connectivity index (χ2v) is 3.82. The number of aromatic nitrogens is 1. The molecule has 0 atom stereocenters. The zero-order valence-corrected chi connectivity index (χ0v) is 9.44. The Morgan fingerprint density at radius 1 is 1.22 bits per heavy atom. The summed E-state index contributed by atoms with van der Waals surface area (Å²) in [7, 11) is 0. The number of aliphatic hydroxyl groups is 1. The second kappa shape index (κ2) is 4.99. The van der Waals surface area contributed by atoms with Gasteiger partial charge in [0.05, 0.1) is 18.7 Å². The fourth-order valence-electron chi connectivity index (χ4n) is 1.91. The van der Waals surface area contributed by atoms with E-state index in [-0.39, 0.29) is 13.2 Å². The SMILES string of the molecule is OCc1cccc2ccn(CCOC(F)(F)F)c12. The van der Waals surface area contributed by atoms with Crippen molar-refractivity contribution < 1.29 is 23.0 Å². The smallest absolute Gasteiger partial charge is 0.392 e. The van der Waals surface area contributed by atoms with Gasteiger partial charge in [-0.05, 0) is 11.5 Å². The minimum absolute atomic E-state index is 0.0834. The lowest BCUT2D eigenvalue weighted by atomic mass is 10.1. The van der Waals surface area contributed by atoms with Crippen molar-refractivity contribution in [3.63, 3.8) is 0 Å². The van der Waals surface area contributed by atoms with E-state index < -0.39 is 13.0 Å². The van der Waals surface area contributed by atoms with E-state index in [9.17, 15) is 18.3 Å². The van der Waals surface area contributed by atoms with Gasteiger partial charge in [-0.25, -0.2) is 0 Å². The number of hydrogen-bond acceptors (Lipinski definition) is 2. The van der Waals surface area contributed by atoms with Crippen molar-refractivity contribution in [3.8, 4) is 0 Å². The van der Waals surface area contributed by atoms with Crippen molar-refractivity contribution >= 4 is 10.9 Å². The van der Waals surface area contributed by atoms with Gasteiger partial charge in [0.2, 0.25) is 0 Å². The molecule has 1 aromatic heterocycles. The Morgan fingerprint density at radius 3 is 2.67 bits per heavy atom. The molecule has 0 aliphatic carbocycles. The van der Waals surface area contributed by atoms with Crippen LogP contribution < -0.4 is 0 Å². The van der Waals surface area contributed by atoms with Crippen molar-refractivity contribution in [2.24, 2.45) is 0 Å². The van der Waals surface area contributed by atoms with Crippen molar-refractivity contribution in [2.45, 2.75) is 19.5 Å². The van der Waals surface area contributed by atoms with Gasteiger partial charge >= 0.3 is 6.36 Å². The first-order valence-corrected chi connectivity index (χ1v) is 5.39. The van der Waals surface area contributed by atoms with Crippen LogP contribution in [0.5, 0.6) is 0 Å². The molecule has 0 aliphatic rings. The fourth-order valence-corrected chi connectivity index (χ4v) is 1.91. The van der Waals surface area contributed by atoms with Crippen LogP contribution in [0.3, 0.4) is 0 Å². The first-order valence-electron chi connectivity index (χ1n) is 5.39. The van der Waals surface area contributed by atoms with Gasteiger partial charge in [-0.3, -0.25) is 4.74 Å². The number of aliphatic hydroxyl groups excluding tert-OH is 1.